The molecule has 0 N–H and O–H groups in total. The minimum atomic E-state index is -0.555. The number of carbonyl (C=O) groups excluding carboxylic acids is 1. The number of hydrogen-bond acceptors (Lipinski definition) is 4. The highest BCUT2D eigenvalue weighted by Gasteiger charge is 2.48. The van der Waals surface area contributed by atoms with E-state index in [1.807, 2.05) is 31.2 Å². The molecule has 2 atom stereocenters. The molecular formula is C19H26N2O3. The van der Waals surface area contributed by atoms with E-state index in [1.165, 1.54) is 12.8 Å². The summed E-state index contributed by atoms with van der Waals surface area (Å²) in [5.41, 5.74) is -0.00979. The van der Waals surface area contributed by atoms with Crippen molar-refractivity contribution in [2.45, 2.75) is 50.4 Å². The fourth-order valence-electron chi connectivity index (χ4n) is 4.52. The number of amides is 1. The van der Waals surface area contributed by atoms with Gasteiger partial charge in [0.15, 0.2) is 11.5 Å². The second-order valence-electron chi connectivity index (χ2n) is 7.47. The van der Waals surface area contributed by atoms with Crippen LogP contribution in [0.5, 0.6) is 11.5 Å². The van der Waals surface area contributed by atoms with E-state index >= 15 is 0 Å². The van der Waals surface area contributed by atoms with Gasteiger partial charge in [0.1, 0.15) is 6.10 Å². The molecule has 5 heteroatoms. The predicted molar refractivity (Wildman–Crippen MR) is 91.4 cm³/mol. The van der Waals surface area contributed by atoms with E-state index in [0.717, 1.165) is 38.2 Å². The average Bonchev–Trinajstić information content (AvgIpc) is 3.02. The van der Waals surface area contributed by atoms with Gasteiger partial charge in [-0.05, 0) is 38.9 Å². The summed E-state index contributed by atoms with van der Waals surface area (Å²) in [5.74, 6) is 1.48. The maximum Gasteiger partial charge on any atom is 0.268 e. The number of para-hydroxylation sites is 2. The minimum Gasteiger partial charge on any atom is -0.482 e. The summed E-state index contributed by atoms with van der Waals surface area (Å²) >= 11 is 0. The molecule has 1 aromatic carbocycles. The van der Waals surface area contributed by atoms with Crippen molar-refractivity contribution in [2.75, 3.05) is 26.7 Å². The van der Waals surface area contributed by atoms with Crippen molar-refractivity contribution in [3.8, 4) is 11.5 Å². The summed E-state index contributed by atoms with van der Waals surface area (Å²) in [5, 5.41) is 0. The van der Waals surface area contributed by atoms with E-state index in [9.17, 15) is 4.79 Å². The van der Waals surface area contributed by atoms with Crippen molar-refractivity contribution in [1.82, 2.24) is 9.80 Å². The fourth-order valence-corrected chi connectivity index (χ4v) is 4.52. The summed E-state index contributed by atoms with van der Waals surface area (Å²) in [6.45, 7) is 4.60. The molecule has 3 aliphatic rings. The molecule has 1 saturated heterocycles. The number of fused-ring (bicyclic) bond motifs is 1. The third-order valence-corrected chi connectivity index (χ3v) is 5.73. The van der Waals surface area contributed by atoms with Crippen molar-refractivity contribution >= 4 is 5.91 Å². The van der Waals surface area contributed by atoms with Crippen molar-refractivity contribution in [3.05, 3.63) is 24.3 Å². The Kier molecular flexibility index (Phi) is 3.91. The third kappa shape index (κ3) is 2.55. The SMILES string of the molecule is CC1Oc2ccccc2OC1C(=O)N1CCN(C)CC12CCCC2. The fraction of sp³-hybridized carbons (Fsp3) is 0.632. The molecule has 2 heterocycles. The Balaban J connectivity index is 1.59. The lowest BCUT2D eigenvalue weighted by atomic mass is 9.91. The number of rotatable bonds is 1. The highest BCUT2D eigenvalue weighted by atomic mass is 16.6. The Bertz CT molecular complexity index is 627. The van der Waals surface area contributed by atoms with Crippen LogP contribution in [-0.4, -0.2) is 60.1 Å². The first-order chi connectivity index (χ1) is 11.6. The summed E-state index contributed by atoms with van der Waals surface area (Å²) in [6.07, 6.45) is 3.78. The van der Waals surface area contributed by atoms with Gasteiger partial charge in [0.05, 0.1) is 5.54 Å². The molecule has 1 aromatic rings. The molecule has 0 radical (unpaired) electrons. The molecule has 1 saturated carbocycles. The van der Waals surface area contributed by atoms with Crippen molar-refractivity contribution < 1.29 is 14.3 Å². The lowest BCUT2D eigenvalue weighted by molar-refractivity contribution is -0.155. The van der Waals surface area contributed by atoms with Gasteiger partial charge in [0.25, 0.3) is 5.91 Å². The third-order valence-electron chi connectivity index (χ3n) is 5.73. The van der Waals surface area contributed by atoms with Crippen LogP contribution >= 0.6 is 0 Å². The van der Waals surface area contributed by atoms with Gasteiger partial charge in [0, 0.05) is 19.6 Å². The zero-order chi connectivity index (χ0) is 16.7. The van der Waals surface area contributed by atoms with Crippen molar-refractivity contribution in [1.29, 1.82) is 0 Å². The van der Waals surface area contributed by atoms with Gasteiger partial charge < -0.3 is 19.3 Å². The van der Waals surface area contributed by atoms with Gasteiger partial charge in [-0.15, -0.1) is 0 Å². The van der Waals surface area contributed by atoms with Gasteiger partial charge in [-0.1, -0.05) is 25.0 Å². The molecular weight excluding hydrogens is 304 g/mol. The molecule has 5 nitrogen and oxygen atoms in total. The average molecular weight is 330 g/mol. The van der Waals surface area contributed by atoms with Crippen LogP contribution in [0.4, 0.5) is 0 Å². The smallest absolute Gasteiger partial charge is 0.268 e. The first-order valence-corrected chi connectivity index (χ1v) is 9.01. The quantitative estimate of drug-likeness (QED) is 0.792. The Hall–Kier alpha value is -1.75. The van der Waals surface area contributed by atoms with Gasteiger partial charge in [-0.2, -0.15) is 0 Å². The number of likely N-dealkylation sites (N-methyl/N-ethyl adjacent to an activating group) is 1. The number of nitrogens with zero attached hydrogens (tertiary/aromatic N) is 2. The molecule has 2 fully saturated rings. The zero-order valence-electron chi connectivity index (χ0n) is 14.5. The monoisotopic (exact) mass is 330 g/mol. The zero-order valence-corrected chi connectivity index (χ0v) is 14.5. The number of carbonyl (C=O) groups is 1. The van der Waals surface area contributed by atoms with E-state index in [-0.39, 0.29) is 17.6 Å². The second-order valence-corrected chi connectivity index (χ2v) is 7.47. The maximum atomic E-state index is 13.3. The van der Waals surface area contributed by atoms with Crippen molar-refractivity contribution in [3.63, 3.8) is 0 Å². The molecule has 130 valence electrons. The number of benzene rings is 1. The van der Waals surface area contributed by atoms with Crippen molar-refractivity contribution in [2.24, 2.45) is 0 Å². The van der Waals surface area contributed by atoms with E-state index in [0.29, 0.717) is 5.75 Å². The van der Waals surface area contributed by atoms with E-state index in [2.05, 4.69) is 16.8 Å². The van der Waals surface area contributed by atoms with Crippen LogP contribution in [0.1, 0.15) is 32.6 Å². The molecule has 0 bridgehead atoms. The van der Waals surface area contributed by atoms with Crippen LogP contribution in [0.25, 0.3) is 0 Å². The van der Waals surface area contributed by atoms with E-state index in [1.54, 1.807) is 0 Å². The standard InChI is InChI=1S/C19H26N2O3/c1-14-17(24-16-8-4-3-7-15(16)23-14)18(22)21-12-11-20(2)13-19(21)9-5-6-10-19/h3-4,7-8,14,17H,5-6,9-13H2,1-2H3. The lowest BCUT2D eigenvalue weighted by Gasteiger charge is -2.49. The van der Waals surface area contributed by atoms with Gasteiger partial charge in [-0.3, -0.25) is 4.79 Å². The summed E-state index contributed by atoms with van der Waals surface area (Å²) in [6, 6.07) is 7.59. The molecule has 0 aromatic heterocycles. The minimum absolute atomic E-state index is 0.00979. The molecule has 2 aliphatic heterocycles. The first-order valence-electron chi connectivity index (χ1n) is 9.01. The largest absolute Gasteiger partial charge is 0.482 e. The molecule has 24 heavy (non-hydrogen) atoms. The number of piperazine rings is 1. The van der Waals surface area contributed by atoms with Crippen LogP contribution in [0.2, 0.25) is 0 Å². The Morgan fingerprint density at radius 2 is 1.79 bits per heavy atom. The topological polar surface area (TPSA) is 42.0 Å². The van der Waals surface area contributed by atoms with E-state index in [4.69, 9.17) is 9.47 Å². The van der Waals surface area contributed by atoms with Crippen LogP contribution in [-0.2, 0) is 4.79 Å². The molecule has 1 aliphatic carbocycles. The van der Waals surface area contributed by atoms with E-state index < -0.39 is 6.10 Å². The number of ether oxygens (including phenoxy) is 2. The van der Waals surface area contributed by atoms with Crippen LogP contribution in [0.3, 0.4) is 0 Å². The highest BCUT2D eigenvalue weighted by molar-refractivity contribution is 5.83. The molecule has 1 spiro atoms. The summed E-state index contributed by atoms with van der Waals surface area (Å²) in [7, 11) is 2.15. The maximum absolute atomic E-state index is 13.3. The normalized spacial score (nSPS) is 29.0. The predicted octanol–water partition coefficient (Wildman–Crippen LogP) is 2.30. The Morgan fingerprint density at radius 3 is 2.50 bits per heavy atom. The summed E-state index contributed by atoms with van der Waals surface area (Å²) in [4.78, 5) is 17.8. The first kappa shape index (κ1) is 15.8. The Morgan fingerprint density at radius 1 is 1.12 bits per heavy atom. The second kappa shape index (κ2) is 5.96. The highest BCUT2D eigenvalue weighted by Crippen LogP contribution is 2.40. The molecule has 2 unspecified atom stereocenters. The van der Waals surface area contributed by atoms with Crippen LogP contribution in [0.15, 0.2) is 24.3 Å². The number of hydrogen-bond donors (Lipinski definition) is 0. The Labute approximate surface area is 143 Å². The lowest BCUT2D eigenvalue weighted by Crippen LogP contribution is -2.65. The molecule has 4 rings (SSSR count). The van der Waals surface area contributed by atoms with Crippen LogP contribution < -0.4 is 9.47 Å². The van der Waals surface area contributed by atoms with Crippen LogP contribution in [0, 0.1) is 0 Å². The molecule has 1 amide bonds. The summed E-state index contributed by atoms with van der Waals surface area (Å²) < 4.78 is 12.0. The van der Waals surface area contributed by atoms with Gasteiger partial charge >= 0.3 is 0 Å². The van der Waals surface area contributed by atoms with Gasteiger partial charge in [0.2, 0.25) is 6.10 Å². The van der Waals surface area contributed by atoms with Gasteiger partial charge in [-0.25, -0.2) is 0 Å².